The summed E-state index contributed by atoms with van der Waals surface area (Å²) in [6.45, 7) is 1.83. The van der Waals surface area contributed by atoms with Gasteiger partial charge in [0.15, 0.2) is 0 Å². The lowest BCUT2D eigenvalue weighted by molar-refractivity contribution is -0.136. The number of halogens is 1. The number of anilines is 1. The van der Waals surface area contributed by atoms with E-state index in [0.29, 0.717) is 11.3 Å². The molecular formula is C19H15ClN4O2. The Morgan fingerprint density at radius 2 is 1.81 bits per heavy atom. The Kier molecular flexibility index (Phi) is 5.24. The maximum Gasteiger partial charge on any atom is 0.329 e. The number of benzene rings is 2. The van der Waals surface area contributed by atoms with Gasteiger partial charge in [0.2, 0.25) is 0 Å². The molecule has 26 heavy (non-hydrogen) atoms. The lowest BCUT2D eigenvalue weighted by Gasteiger charge is -2.06. The normalized spacial score (nSPS) is 10.8. The van der Waals surface area contributed by atoms with Gasteiger partial charge in [-0.3, -0.25) is 9.59 Å². The van der Waals surface area contributed by atoms with Crippen LogP contribution in [0.3, 0.4) is 0 Å². The van der Waals surface area contributed by atoms with Crippen molar-refractivity contribution in [2.75, 3.05) is 5.32 Å². The van der Waals surface area contributed by atoms with Gasteiger partial charge in [-0.25, -0.2) is 10.4 Å². The summed E-state index contributed by atoms with van der Waals surface area (Å²) >= 11 is 6.11. The Morgan fingerprint density at radius 3 is 2.62 bits per heavy atom. The van der Waals surface area contributed by atoms with Gasteiger partial charge >= 0.3 is 11.8 Å². The van der Waals surface area contributed by atoms with Crippen molar-refractivity contribution in [2.24, 2.45) is 5.10 Å². The molecule has 0 unspecified atom stereocenters. The number of rotatable bonds is 3. The number of fused-ring (bicyclic) bond motifs is 1. The first-order valence-corrected chi connectivity index (χ1v) is 8.17. The number of aryl methyl sites for hydroxylation is 1. The number of nitrogens with zero attached hydrogens (tertiary/aromatic N) is 2. The Hall–Kier alpha value is -3.25. The zero-order valence-electron chi connectivity index (χ0n) is 13.9. The van der Waals surface area contributed by atoms with Crippen LogP contribution >= 0.6 is 11.6 Å². The number of carbonyl (C=O) groups excluding carboxylic acids is 2. The summed E-state index contributed by atoms with van der Waals surface area (Å²) in [5.41, 5.74) is 4.89. The van der Waals surface area contributed by atoms with Crippen LogP contribution in [-0.2, 0) is 9.59 Å². The maximum absolute atomic E-state index is 11.9. The number of hydrazone groups is 1. The molecule has 0 aliphatic rings. The molecular weight excluding hydrogens is 352 g/mol. The average molecular weight is 367 g/mol. The minimum Gasteiger partial charge on any atom is -0.317 e. The molecule has 0 fully saturated rings. The molecule has 0 bridgehead atoms. The van der Waals surface area contributed by atoms with Crippen molar-refractivity contribution in [2.45, 2.75) is 6.92 Å². The van der Waals surface area contributed by atoms with Crippen molar-refractivity contribution in [1.82, 2.24) is 10.4 Å². The lowest BCUT2D eigenvalue weighted by atomic mass is 10.2. The first kappa shape index (κ1) is 17.6. The van der Waals surface area contributed by atoms with Crippen LogP contribution in [0.15, 0.2) is 59.7 Å². The summed E-state index contributed by atoms with van der Waals surface area (Å²) in [5.74, 6) is -1.69. The number of para-hydroxylation sites is 2. The molecule has 0 saturated heterocycles. The molecule has 2 amide bonds. The SMILES string of the molecule is Cc1ccccc1NC(=O)C(=O)N/N=C\c1cc2ccccc2nc1Cl. The van der Waals surface area contributed by atoms with Crippen molar-refractivity contribution in [3.8, 4) is 0 Å². The zero-order chi connectivity index (χ0) is 18.5. The Labute approximate surface area is 154 Å². The Morgan fingerprint density at radius 1 is 1.08 bits per heavy atom. The fraction of sp³-hybridized carbons (Fsp3) is 0.0526. The van der Waals surface area contributed by atoms with Crippen LogP contribution in [0, 0.1) is 6.92 Å². The van der Waals surface area contributed by atoms with Crippen molar-refractivity contribution >= 4 is 46.2 Å². The van der Waals surface area contributed by atoms with Gasteiger partial charge in [0.05, 0.1) is 11.7 Å². The summed E-state index contributed by atoms with van der Waals surface area (Å²) in [6.07, 6.45) is 1.35. The average Bonchev–Trinajstić information content (AvgIpc) is 2.63. The van der Waals surface area contributed by atoms with Gasteiger partial charge in [0.1, 0.15) is 5.15 Å². The molecule has 0 radical (unpaired) electrons. The molecule has 0 aliphatic heterocycles. The molecule has 2 aromatic carbocycles. The van der Waals surface area contributed by atoms with E-state index in [1.807, 2.05) is 43.3 Å². The smallest absolute Gasteiger partial charge is 0.317 e. The molecule has 0 saturated carbocycles. The first-order chi connectivity index (χ1) is 12.5. The van der Waals surface area contributed by atoms with Gasteiger partial charge < -0.3 is 5.32 Å². The van der Waals surface area contributed by atoms with Gasteiger partial charge in [-0.2, -0.15) is 5.10 Å². The van der Waals surface area contributed by atoms with E-state index < -0.39 is 11.8 Å². The van der Waals surface area contributed by atoms with Crippen LogP contribution in [0.5, 0.6) is 0 Å². The molecule has 2 N–H and O–H groups in total. The molecule has 0 aliphatic carbocycles. The maximum atomic E-state index is 11.9. The number of aromatic nitrogens is 1. The lowest BCUT2D eigenvalue weighted by Crippen LogP contribution is -2.32. The second-order valence-electron chi connectivity index (χ2n) is 5.53. The van der Waals surface area contributed by atoms with E-state index in [0.717, 1.165) is 16.5 Å². The van der Waals surface area contributed by atoms with Gasteiger partial charge in [-0.15, -0.1) is 0 Å². The van der Waals surface area contributed by atoms with E-state index in [4.69, 9.17) is 11.6 Å². The van der Waals surface area contributed by atoms with E-state index in [-0.39, 0.29) is 5.15 Å². The highest BCUT2D eigenvalue weighted by Gasteiger charge is 2.13. The summed E-state index contributed by atoms with van der Waals surface area (Å²) < 4.78 is 0. The van der Waals surface area contributed by atoms with E-state index in [9.17, 15) is 9.59 Å². The van der Waals surface area contributed by atoms with Crippen molar-refractivity contribution < 1.29 is 9.59 Å². The largest absolute Gasteiger partial charge is 0.329 e. The van der Waals surface area contributed by atoms with E-state index >= 15 is 0 Å². The molecule has 1 aromatic heterocycles. The predicted molar refractivity (Wildman–Crippen MR) is 102 cm³/mol. The molecule has 7 heteroatoms. The number of hydrogen-bond acceptors (Lipinski definition) is 4. The van der Waals surface area contributed by atoms with Crippen LogP contribution in [0.1, 0.15) is 11.1 Å². The second-order valence-corrected chi connectivity index (χ2v) is 5.89. The van der Waals surface area contributed by atoms with Crippen LogP contribution < -0.4 is 10.7 Å². The zero-order valence-corrected chi connectivity index (χ0v) is 14.6. The van der Waals surface area contributed by atoms with E-state index in [1.165, 1.54) is 6.21 Å². The van der Waals surface area contributed by atoms with Gasteiger partial charge in [-0.05, 0) is 30.7 Å². The summed E-state index contributed by atoms with van der Waals surface area (Å²) in [5, 5.41) is 7.46. The number of pyridine rings is 1. The van der Waals surface area contributed by atoms with Crippen molar-refractivity contribution in [3.63, 3.8) is 0 Å². The quantitative estimate of drug-likeness (QED) is 0.323. The van der Waals surface area contributed by atoms with Crippen molar-refractivity contribution in [1.29, 1.82) is 0 Å². The number of nitrogens with one attached hydrogen (secondary N) is 2. The minimum atomic E-state index is -0.880. The fourth-order valence-corrected chi connectivity index (χ4v) is 2.50. The Bertz CT molecular complexity index is 1020. The fourth-order valence-electron chi connectivity index (χ4n) is 2.30. The molecule has 6 nitrogen and oxygen atoms in total. The highest BCUT2D eigenvalue weighted by atomic mass is 35.5. The third-order valence-corrected chi connectivity index (χ3v) is 3.98. The third kappa shape index (κ3) is 4.04. The van der Waals surface area contributed by atoms with Gasteiger partial charge in [-0.1, -0.05) is 48.0 Å². The van der Waals surface area contributed by atoms with Crippen LogP contribution in [-0.4, -0.2) is 23.0 Å². The number of amides is 2. The third-order valence-electron chi connectivity index (χ3n) is 3.67. The van der Waals surface area contributed by atoms with E-state index in [1.54, 1.807) is 18.2 Å². The van der Waals surface area contributed by atoms with Crippen LogP contribution in [0.4, 0.5) is 5.69 Å². The predicted octanol–water partition coefficient (Wildman–Crippen LogP) is 3.29. The summed E-state index contributed by atoms with van der Waals surface area (Å²) in [7, 11) is 0. The number of hydrogen-bond donors (Lipinski definition) is 2. The molecule has 1 heterocycles. The highest BCUT2D eigenvalue weighted by Crippen LogP contribution is 2.18. The Balaban J connectivity index is 1.66. The molecule has 3 rings (SSSR count). The summed E-state index contributed by atoms with van der Waals surface area (Å²) in [4.78, 5) is 28.0. The van der Waals surface area contributed by atoms with E-state index in [2.05, 4.69) is 20.8 Å². The standard InChI is InChI=1S/C19H15ClN4O2/c1-12-6-2-4-8-15(12)23-18(25)19(26)24-21-11-14-10-13-7-3-5-9-16(13)22-17(14)20/h2-11H,1H3,(H,23,25)(H,24,26)/b21-11-. The molecule has 3 aromatic rings. The molecule has 130 valence electrons. The highest BCUT2D eigenvalue weighted by molar-refractivity contribution is 6.39. The second kappa shape index (κ2) is 7.76. The van der Waals surface area contributed by atoms with Crippen LogP contribution in [0.2, 0.25) is 5.15 Å². The number of carbonyl (C=O) groups is 2. The van der Waals surface area contributed by atoms with Gasteiger partial charge in [0, 0.05) is 16.6 Å². The van der Waals surface area contributed by atoms with Crippen molar-refractivity contribution in [3.05, 3.63) is 70.9 Å². The first-order valence-electron chi connectivity index (χ1n) is 7.80. The topological polar surface area (TPSA) is 83.5 Å². The minimum absolute atomic E-state index is 0.256. The monoisotopic (exact) mass is 366 g/mol. The molecule has 0 atom stereocenters. The summed E-state index contributed by atoms with van der Waals surface area (Å²) in [6, 6.07) is 16.5. The van der Waals surface area contributed by atoms with Gasteiger partial charge in [0.25, 0.3) is 0 Å². The van der Waals surface area contributed by atoms with Crippen LogP contribution in [0.25, 0.3) is 10.9 Å². The molecule has 0 spiro atoms.